The number of nitrogens with one attached hydrogen (secondary N) is 1. The number of methoxy groups -OCH3 is 4. The number of halogens is 3. The third-order valence-electron chi connectivity index (χ3n) is 7.66. The van der Waals surface area contributed by atoms with Gasteiger partial charge in [-0.1, -0.05) is 0 Å². The number of ether oxygens (including phenoxy) is 4. The van der Waals surface area contributed by atoms with Crippen LogP contribution in [0.15, 0.2) is 28.3 Å². The monoisotopic (exact) mass is 546 g/mol. The standard InChI is InChI=1S/C26H21F3N2O8/c1-35-13-5-10-6-14(39-19(10)21(37-3)20(13)36-2)23(33)31-9-11-8-25(11)15(31)7-12(32)18-17(25)16(24(34)38-4)22(30-18)26(27,28)29/h5-7,11,30H,8-9H2,1-4H3/t11-,25+/m1/s1. The summed E-state index contributed by atoms with van der Waals surface area (Å²) in [7, 11) is 5.24. The van der Waals surface area contributed by atoms with Gasteiger partial charge in [-0.25, -0.2) is 4.79 Å². The molecule has 13 heteroatoms. The first-order valence-corrected chi connectivity index (χ1v) is 11.7. The number of hydrogen-bond acceptors (Lipinski definition) is 8. The SMILES string of the molecule is COC(=O)c1c(C(F)(F)F)[nH]c2c1[C@@]13C[C@@H]1CN(C(=O)c1cc4cc(OC)c(OC)c(OC)c4o1)C3=CC2=O. The van der Waals surface area contributed by atoms with Crippen molar-refractivity contribution in [3.05, 3.63) is 52.2 Å². The smallest absolute Gasteiger partial charge is 0.432 e. The van der Waals surface area contributed by atoms with Crippen LogP contribution < -0.4 is 14.2 Å². The predicted octanol–water partition coefficient (Wildman–Crippen LogP) is 4.09. The third kappa shape index (κ3) is 3.18. The number of likely N-dealkylation sites (tertiary alicyclic amines) is 1. The lowest BCUT2D eigenvalue weighted by Gasteiger charge is -2.27. The van der Waals surface area contributed by atoms with Crippen molar-refractivity contribution in [3.8, 4) is 17.2 Å². The van der Waals surface area contributed by atoms with Gasteiger partial charge in [-0.2, -0.15) is 13.2 Å². The van der Waals surface area contributed by atoms with E-state index in [1.54, 1.807) is 6.07 Å². The van der Waals surface area contributed by atoms with Crippen molar-refractivity contribution in [2.24, 2.45) is 5.92 Å². The summed E-state index contributed by atoms with van der Waals surface area (Å²) in [5.41, 5.74) is -3.15. The summed E-state index contributed by atoms with van der Waals surface area (Å²) in [6.07, 6.45) is -3.42. The Morgan fingerprint density at radius 3 is 2.44 bits per heavy atom. The summed E-state index contributed by atoms with van der Waals surface area (Å²) >= 11 is 0. The molecule has 10 nitrogen and oxygen atoms in total. The quantitative estimate of drug-likeness (QED) is 0.476. The van der Waals surface area contributed by atoms with E-state index in [0.29, 0.717) is 17.6 Å². The number of furan rings is 1. The first-order valence-electron chi connectivity index (χ1n) is 11.7. The zero-order chi connectivity index (χ0) is 28.0. The first-order chi connectivity index (χ1) is 18.5. The zero-order valence-electron chi connectivity index (χ0n) is 21.1. The Morgan fingerprint density at radius 2 is 1.82 bits per heavy atom. The number of aromatic amines is 1. The van der Waals surface area contributed by atoms with E-state index in [1.165, 1.54) is 32.3 Å². The molecule has 1 N–H and O–H groups in total. The number of carbonyl (C=O) groups excluding carboxylic acids is 3. The molecule has 1 saturated heterocycles. The van der Waals surface area contributed by atoms with Crippen LogP contribution in [-0.2, 0) is 16.3 Å². The number of rotatable bonds is 5. The number of carbonyl (C=O) groups is 3. The molecule has 0 radical (unpaired) electrons. The summed E-state index contributed by atoms with van der Waals surface area (Å²) in [6.45, 7) is 0.116. The number of alkyl halides is 3. The predicted molar refractivity (Wildman–Crippen MR) is 126 cm³/mol. The van der Waals surface area contributed by atoms with E-state index in [0.717, 1.165) is 13.2 Å². The number of aromatic nitrogens is 1. The van der Waals surface area contributed by atoms with Crippen molar-refractivity contribution in [2.75, 3.05) is 35.0 Å². The number of allylic oxidation sites excluding steroid dienone is 2. The topological polar surface area (TPSA) is 120 Å². The van der Waals surface area contributed by atoms with E-state index < -0.39 is 40.5 Å². The van der Waals surface area contributed by atoms with Gasteiger partial charge in [0.25, 0.3) is 5.91 Å². The maximum atomic E-state index is 13.9. The van der Waals surface area contributed by atoms with Gasteiger partial charge in [0.15, 0.2) is 17.1 Å². The highest BCUT2D eigenvalue weighted by Crippen LogP contribution is 2.68. The number of ketones is 1. The molecule has 204 valence electrons. The first kappa shape index (κ1) is 24.9. The van der Waals surface area contributed by atoms with Crippen molar-refractivity contribution >= 4 is 28.6 Å². The van der Waals surface area contributed by atoms with Crippen LogP contribution in [0.1, 0.15) is 49.1 Å². The lowest BCUT2D eigenvalue weighted by atomic mass is 9.82. The molecule has 3 aromatic rings. The van der Waals surface area contributed by atoms with E-state index in [-0.39, 0.29) is 52.3 Å². The van der Waals surface area contributed by atoms with Gasteiger partial charge in [-0.15, -0.1) is 0 Å². The summed E-state index contributed by atoms with van der Waals surface area (Å²) in [5.74, 6) is -2.18. The van der Waals surface area contributed by atoms with Crippen LogP contribution >= 0.6 is 0 Å². The highest BCUT2D eigenvalue weighted by atomic mass is 19.4. The number of nitrogens with zero attached hydrogens (tertiary/aromatic N) is 1. The van der Waals surface area contributed by atoms with Crippen LogP contribution in [0.25, 0.3) is 11.0 Å². The van der Waals surface area contributed by atoms with Gasteiger partial charge < -0.3 is 33.2 Å². The fourth-order valence-corrected chi connectivity index (χ4v) is 5.98. The summed E-state index contributed by atoms with van der Waals surface area (Å²) in [4.78, 5) is 42.7. The lowest BCUT2D eigenvalue weighted by Crippen LogP contribution is -2.34. The molecule has 6 rings (SSSR count). The summed E-state index contributed by atoms with van der Waals surface area (Å²) in [6, 6.07) is 3.09. The molecular formula is C26H21F3N2O8. The summed E-state index contributed by atoms with van der Waals surface area (Å²) < 4.78 is 68.3. The lowest BCUT2D eigenvalue weighted by molar-refractivity contribution is -0.141. The number of fused-ring (bicyclic) bond motifs is 2. The third-order valence-corrected chi connectivity index (χ3v) is 7.66. The minimum atomic E-state index is -4.94. The molecule has 2 fully saturated rings. The average Bonchev–Trinajstić information content (AvgIpc) is 3.22. The molecule has 1 aromatic carbocycles. The average molecular weight is 546 g/mol. The number of esters is 1. The molecule has 1 saturated carbocycles. The second-order valence-electron chi connectivity index (χ2n) is 9.47. The molecule has 3 heterocycles. The fraction of sp³-hybridized carbons (Fsp3) is 0.346. The van der Waals surface area contributed by atoms with E-state index in [4.69, 9.17) is 18.6 Å². The van der Waals surface area contributed by atoms with Gasteiger partial charge in [-0.3, -0.25) is 9.59 Å². The fourth-order valence-electron chi connectivity index (χ4n) is 5.98. The van der Waals surface area contributed by atoms with Crippen LogP contribution in [0.4, 0.5) is 13.2 Å². The second kappa shape index (κ2) is 8.04. The molecule has 0 unspecified atom stereocenters. The van der Waals surface area contributed by atoms with Gasteiger partial charge in [0.1, 0.15) is 5.69 Å². The van der Waals surface area contributed by atoms with E-state index >= 15 is 0 Å². The largest absolute Gasteiger partial charge is 0.493 e. The maximum absolute atomic E-state index is 13.9. The number of amides is 1. The molecule has 2 aromatic heterocycles. The van der Waals surface area contributed by atoms with Crippen LogP contribution in [0.3, 0.4) is 0 Å². The second-order valence-corrected chi connectivity index (χ2v) is 9.47. The van der Waals surface area contributed by atoms with E-state index in [9.17, 15) is 27.6 Å². The van der Waals surface area contributed by atoms with E-state index in [2.05, 4.69) is 9.72 Å². The molecule has 1 amide bonds. The van der Waals surface area contributed by atoms with Crippen molar-refractivity contribution in [1.82, 2.24) is 9.88 Å². The molecule has 1 aliphatic heterocycles. The molecule has 0 bridgehead atoms. The van der Waals surface area contributed by atoms with Crippen LogP contribution in [0.5, 0.6) is 17.2 Å². The van der Waals surface area contributed by atoms with Gasteiger partial charge >= 0.3 is 12.1 Å². The maximum Gasteiger partial charge on any atom is 0.432 e. The summed E-state index contributed by atoms with van der Waals surface area (Å²) in [5, 5.41) is 0.483. The Balaban J connectivity index is 1.45. The Bertz CT molecular complexity index is 1630. The number of H-pyrrole nitrogens is 1. The van der Waals surface area contributed by atoms with Gasteiger partial charge in [0, 0.05) is 34.7 Å². The van der Waals surface area contributed by atoms with Gasteiger partial charge in [0.05, 0.1) is 39.7 Å². The highest BCUT2D eigenvalue weighted by molar-refractivity contribution is 6.12. The van der Waals surface area contributed by atoms with E-state index in [1.807, 2.05) is 0 Å². The minimum absolute atomic E-state index is 0.0785. The van der Waals surface area contributed by atoms with Gasteiger partial charge in [-0.05, 0) is 24.5 Å². The molecule has 39 heavy (non-hydrogen) atoms. The molecule has 1 spiro atoms. The van der Waals surface area contributed by atoms with Crippen molar-refractivity contribution in [2.45, 2.75) is 18.0 Å². The Morgan fingerprint density at radius 1 is 1.10 bits per heavy atom. The normalized spacial score (nSPS) is 21.2. The molecule has 3 aliphatic rings. The van der Waals surface area contributed by atoms with Crippen molar-refractivity contribution in [3.63, 3.8) is 0 Å². The van der Waals surface area contributed by atoms with Crippen molar-refractivity contribution in [1.29, 1.82) is 0 Å². The number of piperidine rings is 1. The molecule has 2 aliphatic carbocycles. The Labute approximate surface area is 218 Å². The molecule has 2 atom stereocenters. The number of benzene rings is 1. The zero-order valence-corrected chi connectivity index (χ0v) is 21.1. The number of hydrogen-bond donors (Lipinski definition) is 1. The van der Waals surface area contributed by atoms with Crippen molar-refractivity contribution < 1.29 is 50.9 Å². The van der Waals surface area contributed by atoms with Gasteiger partial charge in [0.2, 0.25) is 17.3 Å². The van der Waals surface area contributed by atoms with Crippen LogP contribution in [-0.4, -0.2) is 62.5 Å². The van der Waals surface area contributed by atoms with Crippen LogP contribution in [0.2, 0.25) is 0 Å². The Kier molecular flexibility index (Phi) is 5.13. The Hall–Kier alpha value is -4.42. The van der Waals surface area contributed by atoms with Crippen LogP contribution in [0, 0.1) is 5.92 Å². The minimum Gasteiger partial charge on any atom is -0.493 e. The highest BCUT2D eigenvalue weighted by Gasteiger charge is 2.69. The molecular weight excluding hydrogens is 525 g/mol.